The van der Waals surface area contributed by atoms with E-state index in [1.807, 2.05) is 0 Å². The summed E-state index contributed by atoms with van der Waals surface area (Å²) in [6.45, 7) is 22.5. The SMILES string of the molecule is COc1c(C)ccc([Si](c2ccc(C)c(OC)c2C)(c2ccc(C)c(OC)c2C)[C]2([Ti+3])C(C)=C(C)C(C)=C2C)c1C.[Cl-].[Cl-].[Cl-]. The molecule has 8 heteroatoms. The van der Waals surface area contributed by atoms with E-state index in [2.05, 4.69) is 126 Å². The van der Waals surface area contributed by atoms with E-state index < -0.39 is 8.07 Å². The molecule has 1 aliphatic rings. The molecule has 0 heterocycles. The van der Waals surface area contributed by atoms with Gasteiger partial charge in [-0.1, -0.05) is 0 Å². The summed E-state index contributed by atoms with van der Waals surface area (Å²) >= 11 is 2.51. The van der Waals surface area contributed by atoms with Crippen molar-refractivity contribution in [1.82, 2.24) is 0 Å². The van der Waals surface area contributed by atoms with E-state index >= 15 is 0 Å². The fourth-order valence-electron chi connectivity index (χ4n) is 7.65. The Kier molecular flexibility index (Phi) is 13.6. The van der Waals surface area contributed by atoms with E-state index in [0.717, 1.165) is 33.9 Å². The number of methoxy groups -OCH3 is 3. The molecule has 3 nitrogen and oxygen atoms in total. The van der Waals surface area contributed by atoms with Crippen molar-refractivity contribution in [2.24, 2.45) is 0 Å². The number of ether oxygens (including phenoxy) is 3. The van der Waals surface area contributed by atoms with Gasteiger partial charge in [0.15, 0.2) is 0 Å². The molecule has 0 unspecified atom stereocenters. The van der Waals surface area contributed by atoms with Crippen LogP contribution in [0.3, 0.4) is 0 Å². The van der Waals surface area contributed by atoms with Crippen LogP contribution >= 0.6 is 0 Å². The van der Waals surface area contributed by atoms with Crippen molar-refractivity contribution < 1.29 is 71.9 Å². The van der Waals surface area contributed by atoms with Crippen molar-refractivity contribution >= 4 is 23.6 Å². The first kappa shape index (κ1) is 40.4. The maximum absolute atomic E-state index is 6.11. The number of allylic oxidation sites excluding steroid dienone is 4. The van der Waals surface area contributed by atoms with Crippen LogP contribution in [0.25, 0.3) is 0 Å². The molecule has 3 aromatic rings. The Balaban J connectivity index is 0.00000323. The van der Waals surface area contributed by atoms with Crippen molar-refractivity contribution in [3.8, 4) is 17.2 Å². The molecule has 44 heavy (non-hydrogen) atoms. The Hall–Kier alpha value is -1.66. The topological polar surface area (TPSA) is 27.7 Å². The molecule has 0 atom stereocenters. The smallest absolute Gasteiger partial charge is 1.00 e. The predicted molar refractivity (Wildman–Crippen MR) is 172 cm³/mol. The third-order valence-electron chi connectivity index (χ3n) is 10.0. The normalized spacial score (nSPS) is 14.1. The van der Waals surface area contributed by atoms with Gasteiger partial charge in [-0.05, 0) is 0 Å². The predicted octanol–water partition coefficient (Wildman–Crippen LogP) is -2.02. The molecular formula is C36H45Cl3O3SiTi. The molecule has 0 aliphatic heterocycles. The Morgan fingerprint density at radius 3 is 0.955 bits per heavy atom. The maximum atomic E-state index is 6.11. The maximum Gasteiger partial charge on any atom is -1.00 e. The summed E-state index contributed by atoms with van der Waals surface area (Å²) in [4.78, 5) is 0. The largest absolute Gasteiger partial charge is 1.00 e. The second-order valence-corrected chi connectivity index (χ2v) is 17.6. The van der Waals surface area contributed by atoms with Gasteiger partial charge in [-0.3, -0.25) is 0 Å². The summed E-state index contributed by atoms with van der Waals surface area (Å²) in [6.07, 6.45) is 0. The number of benzene rings is 3. The van der Waals surface area contributed by atoms with Crippen LogP contribution in [0.1, 0.15) is 61.1 Å². The molecule has 236 valence electrons. The number of halogens is 3. The zero-order valence-electron chi connectivity index (χ0n) is 28.3. The number of hydrogen-bond donors (Lipinski definition) is 0. The zero-order chi connectivity index (χ0) is 30.6. The Bertz CT molecular complexity index is 1460. The number of rotatable bonds is 7. The van der Waals surface area contributed by atoms with Gasteiger partial charge in [0.05, 0.1) is 0 Å². The average molecular weight is 708 g/mol. The van der Waals surface area contributed by atoms with Gasteiger partial charge in [0.2, 0.25) is 0 Å². The second kappa shape index (κ2) is 14.8. The summed E-state index contributed by atoms with van der Waals surface area (Å²) in [5.74, 6) is 2.89. The first-order chi connectivity index (χ1) is 19.3. The number of aryl methyl sites for hydroxylation is 3. The minimum atomic E-state index is -3.03. The Morgan fingerprint density at radius 2 is 0.727 bits per heavy atom. The van der Waals surface area contributed by atoms with Gasteiger partial charge in [-0.25, -0.2) is 0 Å². The monoisotopic (exact) mass is 706 g/mol. The summed E-state index contributed by atoms with van der Waals surface area (Å²) in [7, 11) is 2.36. The minimum absolute atomic E-state index is 0. The van der Waals surface area contributed by atoms with Crippen LogP contribution in [-0.2, 0) is 20.4 Å². The summed E-state index contributed by atoms with van der Waals surface area (Å²) in [6, 6.07) is 13.9. The molecule has 0 N–H and O–H groups in total. The van der Waals surface area contributed by atoms with E-state index in [0.29, 0.717) is 0 Å². The molecule has 1 aliphatic carbocycles. The van der Waals surface area contributed by atoms with Crippen molar-refractivity contribution in [1.29, 1.82) is 0 Å². The van der Waals surface area contributed by atoms with Gasteiger partial charge >= 0.3 is 262 Å². The Labute approximate surface area is 296 Å². The molecule has 0 aromatic heterocycles. The molecule has 0 saturated heterocycles. The van der Waals surface area contributed by atoms with Crippen LogP contribution in [0.4, 0.5) is 0 Å². The molecule has 0 fully saturated rings. The molecule has 0 saturated carbocycles. The summed E-state index contributed by atoms with van der Waals surface area (Å²) < 4.78 is 18.1. The van der Waals surface area contributed by atoms with Gasteiger partial charge in [-0.15, -0.1) is 0 Å². The van der Waals surface area contributed by atoms with Crippen molar-refractivity contribution in [3.05, 3.63) is 92.1 Å². The van der Waals surface area contributed by atoms with Crippen LogP contribution in [0.15, 0.2) is 58.7 Å². The fraction of sp³-hybridized carbons (Fsp3) is 0.389. The van der Waals surface area contributed by atoms with E-state index in [4.69, 9.17) is 14.2 Å². The molecular weight excluding hydrogens is 663 g/mol. The van der Waals surface area contributed by atoms with Crippen molar-refractivity contribution in [3.63, 3.8) is 0 Å². The van der Waals surface area contributed by atoms with E-state index in [1.165, 1.54) is 54.5 Å². The molecule has 0 bridgehead atoms. The molecule has 0 radical (unpaired) electrons. The average Bonchev–Trinajstić information content (AvgIpc) is 3.08. The number of hydrogen-bond acceptors (Lipinski definition) is 3. The van der Waals surface area contributed by atoms with Gasteiger partial charge in [0.25, 0.3) is 0 Å². The third-order valence-corrected chi connectivity index (χ3v) is 18.9. The second-order valence-electron chi connectivity index (χ2n) is 11.8. The molecule has 3 aromatic carbocycles. The van der Waals surface area contributed by atoms with Crippen molar-refractivity contribution in [2.45, 2.75) is 72.6 Å². The fourth-order valence-corrected chi connectivity index (χ4v) is 16.7. The standard InChI is InChI=1S/C36H45O3Si.3ClH.Ti/c1-20-14-17-30(27(8)33(20)37-11)40(36-25(6)23(4)24(5)26(36)7,31-18-15-21(2)34(38-12)28(31)9)32-19-16-22(3)35(39-13)29(32)10;;;;/h14-19H,1-13H3;3*1H;/q;;;;+3/p-3. The van der Waals surface area contributed by atoms with Crippen LogP contribution in [0.5, 0.6) is 17.2 Å². The molecule has 0 amide bonds. The molecule has 4 rings (SSSR count). The Morgan fingerprint density at radius 1 is 0.477 bits per heavy atom. The zero-order valence-corrected chi connectivity index (χ0v) is 33.2. The van der Waals surface area contributed by atoms with Crippen molar-refractivity contribution in [2.75, 3.05) is 21.3 Å². The first-order valence-corrected chi connectivity index (χ1v) is 17.1. The van der Waals surface area contributed by atoms with E-state index in [-0.39, 0.29) is 40.6 Å². The van der Waals surface area contributed by atoms with E-state index in [9.17, 15) is 0 Å². The van der Waals surface area contributed by atoms with Gasteiger partial charge in [-0.2, -0.15) is 0 Å². The first-order valence-electron chi connectivity index (χ1n) is 14.3. The third kappa shape index (κ3) is 5.52. The van der Waals surface area contributed by atoms with Crippen LogP contribution in [0, 0.1) is 41.5 Å². The van der Waals surface area contributed by atoms with Crippen LogP contribution in [-0.4, -0.2) is 29.4 Å². The van der Waals surface area contributed by atoms with Gasteiger partial charge in [0, 0.05) is 0 Å². The quantitative estimate of drug-likeness (QED) is 0.210. The summed E-state index contributed by atoms with van der Waals surface area (Å²) in [5.41, 5.74) is 12.7. The van der Waals surface area contributed by atoms with Gasteiger partial charge in [0.1, 0.15) is 0 Å². The molecule has 0 spiro atoms. The van der Waals surface area contributed by atoms with Gasteiger partial charge < -0.3 is 37.2 Å². The van der Waals surface area contributed by atoms with E-state index in [1.54, 1.807) is 21.3 Å². The van der Waals surface area contributed by atoms with Crippen LogP contribution < -0.4 is 67.0 Å². The summed E-state index contributed by atoms with van der Waals surface area (Å²) in [5, 5.41) is 4.10. The van der Waals surface area contributed by atoms with Crippen LogP contribution in [0.2, 0.25) is 3.34 Å². The minimum Gasteiger partial charge on any atom is -1.00 e.